The molecular formula is C21H17N5O4. The average molecular weight is 403 g/mol. The van der Waals surface area contributed by atoms with Crippen molar-refractivity contribution >= 4 is 28.3 Å². The van der Waals surface area contributed by atoms with Gasteiger partial charge in [-0.2, -0.15) is 9.78 Å². The van der Waals surface area contributed by atoms with Crippen LogP contribution in [-0.4, -0.2) is 32.2 Å². The summed E-state index contributed by atoms with van der Waals surface area (Å²) >= 11 is 0. The summed E-state index contributed by atoms with van der Waals surface area (Å²) in [6.07, 6.45) is 0. The van der Waals surface area contributed by atoms with Crippen molar-refractivity contribution in [2.45, 2.75) is 6.92 Å². The minimum absolute atomic E-state index is 0.0264. The van der Waals surface area contributed by atoms with Gasteiger partial charge < -0.3 is 10.1 Å². The fraction of sp³-hybridized carbons (Fsp3) is 0.0952. The number of nitrogens with zero attached hydrogens (tertiary/aromatic N) is 4. The smallest absolute Gasteiger partial charge is 0.310 e. The number of hydrogen-bond acceptors (Lipinski definition) is 6. The quantitative estimate of drug-likeness (QED) is 0.388. The highest BCUT2D eigenvalue weighted by atomic mass is 16.6. The standard InChI is InChI=1S/C21H17N5O4/c1-14-12-20(23-21(27)13-30-18-9-5-4-8-17(18)26(28)29)25(24-14)19-11-10-15-6-2-3-7-16(15)22-19/h2-12H,13H2,1H3,(H,23,27). The van der Waals surface area contributed by atoms with Crippen molar-refractivity contribution in [3.8, 4) is 11.6 Å². The molecule has 9 heteroatoms. The van der Waals surface area contributed by atoms with Gasteiger partial charge >= 0.3 is 5.69 Å². The minimum Gasteiger partial charge on any atom is -0.477 e. The number of amides is 1. The number of carbonyl (C=O) groups is 1. The highest BCUT2D eigenvalue weighted by Crippen LogP contribution is 2.26. The SMILES string of the molecule is Cc1cc(NC(=O)COc2ccccc2[N+](=O)[O-])n(-c2ccc3ccccc3n2)n1. The van der Waals surface area contributed by atoms with Crippen LogP contribution in [0.15, 0.2) is 66.7 Å². The van der Waals surface area contributed by atoms with Crippen LogP contribution in [-0.2, 0) is 4.79 Å². The second-order valence-corrected chi connectivity index (χ2v) is 6.51. The third-order valence-electron chi connectivity index (χ3n) is 4.32. The van der Waals surface area contributed by atoms with E-state index in [0.29, 0.717) is 17.3 Å². The van der Waals surface area contributed by atoms with Gasteiger partial charge in [0, 0.05) is 17.5 Å². The number of fused-ring (bicyclic) bond motifs is 1. The zero-order chi connectivity index (χ0) is 21.1. The molecule has 0 bridgehead atoms. The zero-order valence-electron chi connectivity index (χ0n) is 16.0. The maximum Gasteiger partial charge on any atom is 0.310 e. The summed E-state index contributed by atoms with van der Waals surface area (Å²) in [5, 5.41) is 19.2. The Kier molecular flexibility index (Phi) is 5.08. The van der Waals surface area contributed by atoms with Crippen LogP contribution < -0.4 is 10.1 Å². The molecule has 0 fully saturated rings. The number of aromatic nitrogens is 3. The third kappa shape index (κ3) is 3.95. The monoisotopic (exact) mass is 403 g/mol. The normalized spacial score (nSPS) is 10.7. The summed E-state index contributed by atoms with van der Waals surface area (Å²) in [5.41, 5.74) is 1.30. The van der Waals surface area contributed by atoms with E-state index >= 15 is 0 Å². The predicted octanol–water partition coefficient (Wildman–Crippen LogP) is 3.65. The van der Waals surface area contributed by atoms with Crippen molar-refractivity contribution < 1.29 is 14.5 Å². The maximum atomic E-state index is 12.4. The largest absolute Gasteiger partial charge is 0.477 e. The molecule has 2 aromatic carbocycles. The van der Waals surface area contributed by atoms with Crippen molar-refractivity contribution in [1.29, 1.82) is 0 Å². The van der Waals surface area contributed by atoms with Gasteiger partial charge in [-0.1, -0.05) is 30.3 Å². The molecule has 0 aliphatic heterocycles. The first-order valence-electron chi connectivity index (χ1n) is 9.10. The zero-order valence-corrected chi connectivity index (χ0v) is 16.0. The summed E-state index contributed by atoms with van der Waals surface area (Å²) in [5.74, 6) is 0.525. The highest BCUT2D eigenvalue weighted by molar-refractivity contribution is 5.91. The second-order valence-electron chi connectivity index (χ2n) is 6.51. The van der Waals surface area contributed by atoms with Crippen LogP contribution in [0.5, 0.6) is 5.75 Å². The second kappa shape index (κ2) is 8.00. The molecule has 0 saturated heterocycles. The lowest BCUT2D eigenvalue weighted by Crippen LogP contribution is -2.22. The lowest BCUT2D eigenvalue weighted by Gasteiger charge is -2.10. The van der Waals surface area contributed by atoms with Crippen molar-refractivity contribution in [1.82, 2.24) is 14.8 Å². The molecule has 4 rings (SSSR count). The first-order valence-corrected chi connectivity index (χ1v) is 9.10. The van der Waals surface area contributed by atoms with Crippen molar-refractivity contribution in [2.75, 3.05) is 11.9 Å². The molecular weight excluding hydrogens is 386 g/mol. The van der Waals surface area contributed by atoms with E-state index in [9.17, 15) is 14.9 Å². The molecule has 0 aliphatic rings. The van der Waals surface area contributed by atoms with E-state index in [1.165, 1.54) is 22.9 Å². The molecule has 4 aromatic rings. The highest BCUT2D eigenvalue weighted by Gasteiger charge is 2.16. The van der Waals surface area contributed by atoms with Crippen LogP contribution in [0.1, 0.15) is 5.69 Å². The molecule has 30 heavy (non-hydrogen) atoms. The Morgan fingerprint density at radius 1 is 1.13 bits per heavy atom. The fourth-order valence-electron chi connectivity index (χ4n) is 2.99. The number of pyridine rings is 1. The van der Waals surface area contributed by atoms with Crippen LogP contribution in [0.2, 0.25) is 0 Å². The van der Waals surface area contributed by atoms with Crippen LogP contribution in [0, 0.1) is 17.0 Å². The Morgan fingerprint density at radius 2 is 1.90 bits per heavy atom. The number of benzene rings is 2. The van der Waals surface area contributed by atoms with Crippen molar-refractivity contribution in [3.05, 3.63) is 82.5 Å². The number of para-hydroxylation sites is 3. The third-order valence-corrected chi connectivity index (χ3v) is 4.32. The van der Waals surface area contributed by atoms with Gasteiger partial charge in [-0.05, 0) is 31.2 Å². The van der Waals surface area contributed by atoms with Gasteiger partial charge in [-0.15, -0.1) is 0 Å². The number of rotatable bonds is 6. The van der Waals surface area contributed by atoms with E-state index in [-0.39, 0.29) is 18.0 Å². The first-order chi connectivity index (χ1) is 14.5. The van der Waals surface area contributed by atoms with E-state index < -0.39 is 10.8 Å². The number of nitro benzene ring substituents is 1. The molecule has 2 heterocycles. The average Bonchev–Trinajstić information content (AvgIpc) is 3.12. The van der Waals surface area contributed by atoms with Gasteiger partial charge in [0.2, 0.25) is 0 Å². The first kappa shape index (κ1) is 19.1. The fourth-order valence-corrected chi connectivity index (χ4v) is 2.99. The van der Waals surface area contributed by atoms with Gasteiger partial charge in [0.25, 0.3) is 5.91 Å². The summed E-state index contributed by atoms with van der Waals surface area (Å²) < 4.78 is 6.88. The summed E-state index contributed by atoms with van der Waals surface area (Å²) in [4.78, 5) is 27.5. The van der Waals surface area contributed by atoms with Gasteiger partial charge in [0.1, 0.15) is 5.82 Å². The van der Waals surface area contributed by atoms with E-state index in [0.717, 1.165) is 10.9 Å². The van der Waals surface area contributed by atoms with Gasteiger partial charge in [0.05, 0.1) is 16.1 Å². The Hall–Kier alpha value is -4.27. The Morgan fingerprint density at radius 3 is 2.73 bits per heavy atom. The molecule has 0 saturated carbocycles. The maximum absolute atomic E-state index is 12.4. The summed E-state index contributed by atoms with van der Waals surface area (Å²) in [6.45, 7) is 1.41. The van der Waals surface area contributed by atoms with Gasteiger partial charge in [-0.25, -0.2) is 4.98 Å². The predicted molar refractivity (Wildman–Crippen MR) is 111 cm³/mol. The topological polar surface area (TPSA) is 112 Å². The van der Waals surface area contributed by atoms with E-state index in [1.54, 1.807) is 19.1 Å². The molecule has 0 atom stereocenters. The van der Waals surface area contributed by atoms with E-state index in [4.69, 9.17) is 4.74 Å². The molecule has 0 spiro atoms. The van der Waals surface area contributed by atoms with Gasteiger partial charge in [-0.3, -0.25) is 14.9 Å². The van der Waals surface area contributed by atoms with Crippen LogP contribution in [0.4, 0.5) is 11.5 Å². The van der Waals surface area contributed by atoms with E-state index in [1.807, 2.05) is 36.4 Å². The van der Waals surface area contributed by atoms with Crippen molar-refractivity contribution in [2.24, 2.45) is 0 Å². The number of ether oxygens (including phenoxy) is 1. The van der Waals surface area contributed by atoms with Gasteiger partial charge in [0.15, 0.2) is 18.2 Å². The lowest BCUT2D eigenvalue weighted by molar-refractivity contribution is -0.385. The number of nitro groups is 1. The van der Waals surface area contributed by atoms with Crippen molar-refractivity contribution in [3.63, 3.8) is 0 Å². The number of aryl methyl sites for hydroxylation is 1. The van der Waals surface area contributed by atoms with E-state index in [2.05, 4.69) is 15.4 Å². The summed E-state index contributed by atoms with van der Waals surface area (Å²) in [7, 11) is 0. The number of nitrogens with one attached hydrogen (secondary N) is 1. The minimum atomic E-state index is -0.558. The van der Waals surface area contributed by atoms with Crippen LogP contribution >= 0.6 is 0 Å². The van der Waals surface area contributed by atoms with Crippen LogP contribution in [0.25, 0.3) is 16.7 Å². The lowest BCUT2D eigenvalue weighted by atomic mass is 10.2. The molecule has 9 nitrogen and oxygen atoms in total. The molecule has 0 unspecified atom stereocenters. The molecule has 0 radical (unpaired) electrons. The molecule has 150 valence electrons. The Labute approximate surface area is 171 Å². The Balaban J connectivity index is 1.53. The molecule has 2 aromatic heterocycles. The summed E-state index contributed by atoms with van der Waals surface area (Å²) in [6, 6.07) is 19.0. The molecule has 1 N–H and O–H groups in total. The molecule has 1 amide bonds. The number of anilines is 1. The van der Waals surface area contributed by atoms with Crippen LogP contribution in [0.3, 0.4) is 0 Å². The molecule has 0 aliphatic carbocycles. The Bertz CT molecular complexity index is 1250. The number of carbonyl (C=O) groups excluding carboxylic acids is 1. The number of hydrogen-bond donors (Lipinski definition) is 1.